The molecule has 2 aromatic carbocycles. The van der Waals surface area contributed by atoms with Crippen molar-refractivity contribution < 1.29 is 14.3 Å². The summed E-state index contributed by atoms with van der Waals surface area (Å²) in [4.78, 5) is 27.2. The summed E-state index contributed by atoms with van der Waals surface area (Å²) in [5, 5.41) is 3.78. The number of hydrogen-bond acceptors (Lipinski definition) is 4. The molecule has 0 saturated carbocycles. The molecule has 0 spiro atoms. The van der Waals surface area contributed by atoms with E-state index < -0.39 is 0 Å². The molecule has 1 amide bonds. The van der Waals surface area contributed by atoms with Gasteiger partial charge in [0.25, 0.3) is 5.91 Å². The van der Waals surface area contributed by atoms with E-state index in [1.807, 2.05) is 48.5 Å². The van der Waals surface area contributed by atoms with Gasteiger partial charge in [0.1, 0.15) is 0 Å². The van der Waals surface area contributed by atoms with Crippen LogP contribution in [0.3, 0.4) is 0 Å². The molecule has 0 atom stereocenters. The van der Waals surface area contributed by atoms with Crippen molar-refractivity contribution in [1.82, 2.24) is 4.57 Å². The maximum Gasteiger partial charge on any atom is 0.257 e. The molecule has 27 heavy (non-hydrogen) atoms. The van der Waals surface area contributed by atoms with Crippen molar-refractivity contribution in [2.45, 2.75) is 6.92 Å². The molecule has 0 radical (unpaired) electrons. The molecule has 1 fully saturated rings. The van der Waals surface area contributed by atoms with Gasteiger partial charge >= 0.3 is 0 Å². The van der Waals surface area contributed by atoms with E-state index in [1.165, 1.54) is 11.5 Å². The van der Waals surface area contributed by atoms with E-state index in [4.69, 9.17) is 4.74 Å². The second kappa shape index (κ2) is 7.25. The van der Waals surface area contributed by atoms with Gasteiger partial charge in [0.05, 0.1) is 35.7 Å². The first-order chi connectivity index (χ1) is 13.1. The number of amides is 1. The second-order valence-corrected chi connectivity index (χ2v) is 6.52. The molecule has 1 aliphatic rings. The lowest BCUT2D eigenvalue weighted by atomic mass is 10.1. The number of nitrogens with zero attached hydrogens (tertiary/aromatic N) is 2. The highest BCUT2D eigenvalue weighted by molar-refractivity contribution is 6.15. The molecule has 3 aromatic rings. The predicted molar refractivity (Wildman–Crippen MR) is 106 cm³/mol. The standard InChI is InChI=1S/C21H21N3O3/c1-15(25)24-14-17(16-6-2-4-8-19(16)24)21(26)22-18-7-3-5-9-20(18)23-10-12-27-13-11-23/h2-9,14H,10-13H2,1H3,(H,22,26). The minimum absolute atomic E-state index is 0.126. The summed E-state index contributed by atoms with van der Waals surface area (Å²) in [6.45, 7) is 4.41. The SMILES string of the molecule is CC(=O)n1cc(C(=O)Nc2ccccc2N2CCOCC2)c2ccccc21. The summed E-state index contributed by atoms with van der Waals surface area (Å²) in [5.41, 5.74) is 2.95. The molecule has 6 nitrogen and oxygen atoms in total. The molecule has 138 valence electrons. The molecule has 0 unspecified atom stereocenters. The maximum absolute atomic E-state index is 13.0. The molecular formula is C21H21N3O3. The largest absolute Gasteiger partial charge is 0.378 e. The highest BCUT2D eigenvalue weighted by Gasteiger charge is 2.19. The van der Waals surface area contributed by atoms with Gasteiger partial charge in [0.15, 0.2) is 0 Å². The van der Waals surface area contributed by atoms with Crippen LogP contribution in [-0.2, 0) is 4.74 Å². The topological polar surface area (TPSA) is 63.6 Å². The van der Waals surface area contributed by atoms with Crippen molar-refractivity contribution in [2.24, 2.45) is 0 Å². The van der Waals surface area contributed by atoms with Crippen LogP contribution in [0.1, 0.15) is 22.1 Å². The Morgan fingerprint density at radius 3 is 2.48 bits per heavy atom. The molecule has 6 heteroatoms. The fraction of sp³-hybridized carbons (Fsp3) is 0.238. The van der Waals surface area contributed by atoms with Gasteiger partial charge in [-0.2, -0.15) is 0 Å². The zero-order chi connectivity index (χ0) is 18.8. The van der Waals surface area contributed by atoms with Crippen LogP contribution in [0.15, 0.2) is 54.7 Å². The van der Waals surface area contributed by atoms with E-state index in [9.17, 15) is 9.59 Å². The number of hydrogen-bond donors (Lipinski definition) is 1. The van der Waals surface area contributed by atoms with Gasteiger partial charge in [-0.1, -0.05) is 30.3 Å². The smallest absolute Gasteiger partial charge is 0.257 e. The van der Waals surface area contributed by atoms with Gasteiger partial charge < -0.3 is 15.0 Å². The van der Waals surface area contributed by atoms with Crippen molar-refractivity contribution >= 4 is 34.1 Å². The second-order valence-electron chi connectivity index (χ2n) is 6.52. The maximum atomic E-state index is 13.0. The Morgan fingerprint density at radius 2 is 1.70 bits per heavy atom. The summed E-state index contributed by atoms with van der Waals surface area (Å²) < 4.78 is 6.93. The first-order valence-corrected chi connectivity index (χ1v) is 8.99. The van der Waals surface area contributed by atoms with Crippen LogP contribution in [0, 0.1) is 0 Å². The van der Waals surface area contributed by atoms with Gasteiger partial charge in [0, 0.05) is 31.6 Å². The van der Waals surface area contributed by atoms with E-state index in [2.05, 4.69) is 10.2 Å². The average Bonchev–Trinajstić information content (AvgIpc) is 3.09. The first kappa shape index (κ1) is 17.3. The van der Waals surface area contributed by atoms with E-state index in [-0.39, 0.29) is 11.8 Å². The number of ether oxygens (including phenoxy) is 1. The number of rotatable bonds is 3. The Bertz CT molecular complexity index is 1000. The van der Waals surface area contributed by atoms with Gasteiger partial charge in [-0.3, -0.25) is 14.2 Å². The van der Waals surface area contributed by atoms with Crippen molar-refractivity contribution in [1.29, 1.82) is 0 Å². The molecule has 1 aromatic heterocycles. The van der Waals surface area contributed by atoms with Gasteiger partial charge in [-0.05, 0) is 18.2 Å². The monoisotopic (exact) mass is 363 g/mol. The van der Waals surface area contributed by atoms with Crippen LogP contribution < -0.4 is 10.2 Å². The fourth-order valence-corrected chi connectivity index (χ4v) is 3.47. The van der Waals surface area contributed by atoms with Crippen LogP contribution in [-0.4, -0.2) is 42.7 Å². The van der Waals surface area contributed by atoms with Crippen LogP contribution in [0.5, 0.6) is 0 Å². The number of carbonyl (C=O) groups excluding carboxylic acids is 2. The Hall–Kier alpha value is -3.12. The van der Waals surface area contributed by atoms with Gasteiger partial charge in [-0.15, -0.1) is 0 Å². The Kier molecular flexibility index (Phi) is 4.64. The molecule has 4 rings (SSSR count). The van der Waals surface area contributed by atoms with Crippen LogP contribution in [0.2, 0.25) is 0 Å². The van der Waals surface area contributed by atoms with E-state index in [1.54, 1.807) is 6.20 Å². The molecule has 0 aliphatic carbocycles. The van der Waals surface area contributed by atoms with Gasteiger partial charge in [0.2, 0.25) is 5.91 Å². The molecule has 2 heterocycles. The predicted octanol–water partition coefficient (Wildman–Crippen LogP) is 3.39. The van der Waals surface area contributed by atoms with Gasteiger partial charge in [-0.25, -0.2) is 0 Å². The third-order valence-corrected chi connectivity index (χ3v) is 4.80. The highest BCUT2D eigenvalue weighted by atomic mass is 16.5. The van der Waals surface area contributed by atoms with E-state index >= 15 is 0 Å². The molecule has 0 bridgehead atoms. The summed E-state index contributed by atoms with van der Waals surface area (Å²) in [6.07, 6.45) is 1.61. The number of anilines is 2. The highest BCUT2D eigenvalue weighted by Crippen LogP contribution is 2.28. The minimum Gasteiger partial charge on any atom is -0.378 e. The molecule has 1 saturated heterocycles. The quantitative estimate of drug-likeness (QED) is 0.775. The third-order valence-electron chi connectivity index (χ3n) is 4.80. The van der Waals surface area contributed by atoms with Crippen LogP contribution in [0.4, 0.5) is 11.4 Å². The van der Waals surface area contributed by atoms with Crippen molar-refractivity contribution in [2.75, 3.05) is 36.5 Å². The lowest BCUT2D eigenvalue weighted by molar-refractivity contribution is 0.0941. The zero-order valence-electron chi connectivity index (χ0n) is 15.1. The molecular weight excluding hydrogens is 342 g/mol. The van der Waals surface area contributed by atoms with E-state index in [0.29, 0.717) is 18.8 Å². The summed E-state index contributed by atoms with van der Waals surface area (Å²) in [7, 11) is 0. The van der Waals surface area contributed by atoms with E-state index in [0.717, 1.165) is 35.4 Å². The molecule has 1 aliphatic heterocycles. The fourth-order valence-electron chi connectivity index (χ4n) is 3.47. The Balaban J connectivity index is 1.68. The summed E-state index contributed by atoms with van der Waals surface area (Å²) >= 11 is 0. The third kappa shape index (κ3) is 3.31. The van der Waals surface area contributed by atoms with Crippen LogP contribution in [0.25, 0.3) is 10.9 Å². The Labute approximate surface area is 157 Å². The normalized spacial score (nSPS) is 14.3. The first-order valence-electron chi connectivity index (χ1n) is 8.99. The Morgan fingerprint density at radius 1 is 1.00 bits per heavy atom. The number of para-hydroxylation sites is 3. The van der Waals surface area contributed by atoms with Crippen molar-refractivity contribution in [3.63, 3.8) is 0 Å². The van der Waals surface area contributed by atoms with Crippen LogP contribution >= 0.6 is 0 Å². The lowest BCUT2D eigenvalue weighted by Gasteiger charge is -2.30. The zero-order valence-corrected chi connectivity index (χ0v) is 15.1. The minimum atomic E-state index is -0.230. The number of nitrogens with one attached hydrogen (secondary N) is 1. The average molecular weight is 363 g/mol. The number of benzene rings is 2. The number of carbonyl (C=O) groups is 2. The van der Waals surface area contributed by atoms with Crippen molar-refractivity contribution in [3.05, 3.63) is 60.3 Å². The molecule has 1 N–H and O–H groups in total. The summed E-state index contributed by atoms with van der Waals surface area (Å²) in [5.74, 6) is -0.356. The summed E-state index contributed by atoms with van der Waals surface area (Å²) in [6, 6.07) is 15.2. The van der Waals surface area contributed by atoms with Crippen molar-refractivity contribution in [3.8, 4) is 0 Å². The number of fused-ring (bicyclic) bond motifs is 1. The number of morpholine rings is 1. The lowest BCUT2D eigenvalue weighted by Crippen LogP contribution is -2.36. The number of aromatic nitrogens is 1.